The molecule has 0 aliphatic carbocycles. The van der Waals surface area contributed by atoms with E-state index < -0.39 is 9.84 Å². The predicted molar refractivity (Wildman–Crippen MR) is 88.5 cm³/mol. The van der Waals surface area contributed by atoms with Crippen molar-refractivity contribution in [2.75, 3.05) is 19.8 Å². The molecule has 2 rings (SSSR count). The van der Waals surface area contributed by atoms with E-state index in [4.69, 9.17) is 0 Å². The summed E-state index contributed by atoms with van der Waals surface area (Å²) in [6.45, 7) is 0.850. The first-order chi connectivity index (χ1) is 10.0. The minimum Gasteiger partial charge on any atom is -0.318 e. The fourth-order valence-electron chi connectivity index (χ4n) is 2.01. The van der Waals surface area contributed by atoms with Crippen LogP contribution in [0.1, 0.15) is 10.8 Å². The second-order valence-corrected chi connectivity index (χ2v) is 8.11. The van der Waals surface area contributed by atoms with Crippen LogP contribution in [0.15, 0.2) is 64.4 Å². The largest absolute Gasteiger partial charge is 0.318 e. The molecule has 0 spiro atoms. The Morgan fingerprint density at radius 3 is 2.19 bits per heavy atom. The molecule has 0 heterocycles. The Bertz CT molecular complexity index is 667. The molecule has 1 atom stereocenters. The lowest BCUT2D eigenvalue weighted by molar-refractivity contribution is 0.602. The predicted octanol–water partition coefficient (Wildman–Crippen LogP) is 3.14. The first kappa shape index (κ1) is 16.1. The van der Waals surface area contributed by atoms with E-state index in [9.17, 15) is 8.42 Å². The SMILES string of the molecule is CNCC(Sc1ccc(S(C)(=O)=O)cc1)c1ccccc1. The van der Waals surface area contributed by atoms with E-state index in [1.807, 2.05) is 37.4 Å². The number of thioether (sulfide) groups is 1. The van der Waals surface area contributed by atoms with E-state index in [0.717, 1.165) is 11.4 Å². The van der Waals surface area contributed by atoms with Gasteiger partial charge in [0.15, 0.2) is 9.84 Å². The lowest BCUT2D eigenvalue weighted by atomic mass is 10.1. The van der Waals surface area contributed by atoms with Gasteiger partial charge in [-0.3, -0.25) is 0 Å². The molecule has 1 unspecified atom stereocenters. The first-order valence-corrected chi connectivity index (χ1v) is 9.44. The molecular formula is C16H19NO2S2. The molecule has 0 aliphatic rings. The van der Waals surface area contributed by atoms with Crippen LogP contribution in [0.5, 0.6) is 0 Å². The highest BCUT2D eigenvalue weighted by atomic mass is 32.2. The summed E-state index contributed by atoms with van der Waals surface area (Å²) in [5, 5.41) is 3.50. The molecule has 3 nitrogen and oxygen atoms in total. The first-order valence-electron chi connectivity index (χ1n) is 6.67. The lowest BCUT2D eigenvalue weighted by Gasteiger charge is -2.16. The van der Waals surface area contributed by atoms with Crippen molar-refractivity contribution in [2.24, 2.45) is 0 Å². The van der Waals surface area contributed by atoms with Crippen molar-refractivity contribution < 1.29 is 8.42 Å². The average Bonchev–Trinajstić information content (AvgIpc) is 2.47. The molecule has 0 radical (unpaired) electrons. The molecule has 0 fully saturated rings. The quantitative estimate of drug-likeness (QED) is 0.830. The van der Waals surface area contributed by atoms with Gasteiger partial charge in [0.05, 0.1) is 4.90 Å². The van der Waals surface area contributed by atoms with Crippen LogP contribution in [0, 0.1) is 0 Å². The zero-order chi connectivity index (χ0) is 15.3. The minimum atomic E-state index is -3.13. The van der Waals surface area contributed by atoms with Crippen molar-refractivity contribution in [1.29, 1.82) is 0 Å². The second kappa shape index (κ2) is 7.11. The molecule has 0 saturated carbocycles. The summed E-state index contributed by atoms with van der Waals surface area (Å²) >= 11 is 1.73. The standard InChI is InChI=1S/C16H19NO2S2/c1-17-12-16(13-6-4-3-5-7-13)20-14-8-10-15(11-9-14)21(2,18)19/h3-11,16-17H,12H2,1-2H3. The van der Waals surface area contributed by atoms with Crippen molar-refractivity contribution >= 4 is 21.6 Å². The molecule has 5 heteroatoms. The Kier molecular flexibility index (Phi) is 5.45. The molecule has 2 aromatic carbocycles. The Hall–Kier alpha value is -1.30. The Balaban J connectivity index is 2.18. The third kappa shape index (κ3) is 4.59. The number of nitrogens with one attached hydrogen (secondary N) is 1. The van der Waals surface area contributed by atoms with Crippen molar-refractivity contribution in [1.82, 2.24) is 5.32 Å². The highest BCUT2D eigenvalue weighted by Gasteiger charge is 2.13. The van der Waals surface area contributed by atoms with E-state index in [-0.39, 0.29) is 0 Å². The lowest BCUT2D eigenvalue weighted by Crippen LogP contribution is -2.14. The fraction of sp³-hybridized carbons (Fsp3) is 0.250. The van der Waals surface area contributed by atoms with Gasteiger partial charge in [0.1, 0.15) is 0 Å². The number of likely N-dealkylation sites (N-methyl/N-ethyl adjacent to an activating group) is 1. The third-order valence-electron chi connectivity index (χ3n) is 3.09. The Morgan fingerprint density at radius 2 is 1.67 bits per heavy atom. The molecule has 0 bridgehead atoms. The van der Waals surface area contributed by atoms with Crippen LogP contribution in [0.2, 0.25) is 0 Å². The zero-order valence-electron chi connectivity index (χ0n) is 12.1. The molecule has 0 aliphatic heterocycles. The van der Waals surface area contributed by atoms with E-state index in [2.05, 4.69) is 17.4 Å². The van der Waals surface area contributed by atoms with Crippen LogP contribution < -0.4 is 5.32 Å². The molecule has 1 N–H and O–H groups in total. The van der Waals surface area contributed by atoms with Gasteiger partial charge in [-0.2, -0.15) is 0 Å². The molecule has 2 aromatic rings. The van der Waals surface area contributed by atoms with Gasteiger partial charge in [-0.25, -0.2) is 8.42 Å². The van der Waals surface area contributed by atoms with Crippen molar-refractivity contribution in [3.63, 3.8) is 0 Å². The fourth-order valence-corrected chi connectivity index (χ4v) is 3.81. The van der Waals surface area contributed by atoms with Crippen LogP contribution in [0.3, 0.4) is 0 Å². The maximum Gasteiger partial charge on any atom is 0.175 e. The van der Waals surface area contributed by atoms with Gasteiger partial charge in [0.2, 0.25) is 0 Å². The van der Waals surface area contributed by atoms with Gasteiger partial charge in [0.25, 0.3) is 0 Å². The van der Waals surface area contributed by atoms with Crippen molar-refractivity contribution in [3.05, 3.63) is 60.2 Å². The van der Waals surface area contributed by atoms with Gasteiger partial charge in [0, 0.05) is 22.9 Å². The molecule has 0 amide bonds. The monoisotopic (exact) mass is 321 g/mol. The molecular weight excluding hydrogens is 302 g/mol. The summed E-state index contributed by atoms with van der Waals surface area (Å²) in [4.78, 5) is 1.42. The Morgan fingerprint density at radius 1 is 1.05 bits per heavy atom. The number of hydrogen-bond acceptors (Lipinski definition) is 4. The number of sulfone groups is 1. The van der Waals surface area contributed by atoms with E-state index >= 15 is 0 Å². The maximum absolute atomic E-state index is 11.5. The van der Waals surface area contributed by atoms with Gasteiger partial charge >= 0.3 is 0 Å². The maximum atomic E-state index is 11.5. The van der Waals surface area contributed by atoms with E-state index in [1.54, 1.807) is 23.9 Å². The van der Waals surface area contributed by atoms with Crippen molar-refractivity contribution in [2.45, 2.75) is 15.0 Å². The molecule has 0 saturated heterocycles. The molecule has 0 aromatic heterocycles. The highest BCUT2D eigenvalue weighted by Crippen LogP contribution is 2.35. The number of rotatable bonds is 6. The second-order valence-electron chi connectivity index (χ2n) is 4.82. The van der Waals surface area contributed by atoms with Crippen LogP contribution in [-0.2, 0) is 9.84 Å². The van der Waals surface area contributed by atoms with E-state index in [0.29, 0.717) is 10.1 Å². The Labute approximate surface area is 130 Å². The highest BCUT2D eigenvalue weighted by molar-refractivity contribution is 7.99. The summed E-state index contributed by atoms with van der Waals surface area (Å²) < 4.78 is 22.9. The topological polar surface area (TPSA) is 46.2 Å². The summed E-state index contributed by atoms with van der Waals surface area (Å²) in [6.07, 6.45) is 1.23. The average molecular weight is 321 g/mol. The number of hydrogen-bond donors (Lipinski definition) is 1. The third-order valence-corrected chi connectivity index (χ3v) is 5.49. The summed E-state index contributed by atoms with van der Waals surface area (Å²) in [5.41, 5.74) is 1.25. The van der Waals surface area contributed by atoms with Gasteiger partial charge in [-0.1, -0.05) is 30.3 Å². The minimum absolute atomic E-state index is 0.292. The van der Waals surface area contributed by atoms with E-state index in [1.165, 1.54) is 11.8 Å². The zero-order valence-corrected chi connectivity index (χ0v) is 13.7. The molecule has 21 heavy (non-hydrogen) atoms. The van der Waals surface area contributed by atoms with Gasteiger partial charge in [-0.15, -0.1) is 11.8 Å². The van der Waals surface area contributed by atoms with Gasteiger partial charge in [-0.05, 0) is 36.9 Å². The van der Waals surface area contributed by atoms with Crippen LogP contribution in [0.25, 0.3) is 0 Å². The smallest absolute Gasteiger partial charge is 0.175 e. The van der Waals surface area contributed by atoms with Crippen LogP contribution in [-0.4, -0.2) is 28.3 Å². The van der Waals surface area contributed by atoms with Crippen molar-refractivity contribution in [3.8, 4) is 0 Å². The van der Waals surface area contributed by atoms with Crippen LogP contribution in [0.4, 0.5) is 0 Å². The summed E-state index contributed by atoms with van der Waals surface area (Å²) in [7, 11) is -1.20. The summed E-state index contributed by atoms with van der Waals surface area (Å²) in [6, 6.07) is 17.4. The van der Waals surface area contributed by atoms with Crippen LogP contribution >= 0.6 is 11.8 Å². The van der Waals surface area contributed by atoms with Gasteiger partial charge < -0.3 is 5.32 Å². The number of benzene rings is 2. The normalized spacial score (nSPS) is 13.0. The molecule has 112 valence electrons. The summed E-state index contributed by atoms with van der Waals surface area (Å²) in [5.74, 6) is 0.